The third-order valence-electron chi connectivity index (χ3n) is 5.84. The molecule has 0 saturated heterocycles. The molecule has 0 radical (unpaired) electrons. The molecule has 200 valence electrons. The van der Waals surface area contributed by atoms with E-state index in [1.54, 1.807) is 48.5 Å². The van der Waals surface area contributed by atoms with Gasteiger partial charge in [-0.1, -0.05) is 24.3 Å². The highest BCUT2D eigenvalue weighted by atomic mass is 16.5. The Morgan fingerprint density at radius 1 is 0.872 bits per heavy atom. The van der Waals surface area contributed by atoms with Gasteiger partial charge in [-0.15, -0.1) is 0 Å². The van der Waals surface area contributed by atoms with Gasteiger partial charge in [0.2, 0.25) is 5.43 Å². The van der Waals surface area contributed by atoms with Crippen LogP contribution in [0.15, 0.2) is 76.1 Å². The maximum absolute atomic E-state index is 13.3. The van der Waals surface area contributed by atoms with Gasteiger partial charge in [-0.2, -0.15) is 0 Å². The first-order valence-electron chi connectivity index (χ1n) is 11.8. The van der Waals surface area contributed by atoms with E-state index < -0.39 is 23.3 Å². The number of carbonyl (C=O) groups excluding carboxylic acids is 2. The first-order valence-corrected chi connectivity index (χ1v) is 11.8. The summed E-state index contributed by atoms with van der Waals surface area (Å²) in [6.07, 6.45) is 0.460. The molecule has 0 fully saturated rings. The normalized spacial score (nSPS) is 10.5. The van der Waals surface area contributed by atoms with Crippen molar-refractivity contribution in [3.63, 3.8) is 0 Å². The average Bonchev–Trinajstić information content (AvgIpc) is 2.93. The molecule has 0 aliphatic heterocycles. The Hall–Kier alpha value is -5.32. The molecular formula is C28H25N3O8. The second-order valence-corrected chi connectivity index (χ2v) is 8.31. The van der Waals surface area contributed by atoms with E-state index in [1.807, 2.05) is 0 Å². The van der Waals surface area contributed by atoms with Crippen molar-refractivity contribution < 1.29 is 33.4 Å². The predicted molar refractivity (Wildman–Crippen MR) is 144 cm³/mol. The molecule has 39 heavy (non-hydrogen) atoms. The molecule has 11 nitrogen and oxygen atoms in total. The van der Waals surface area contributed by atoms with Crippen molar-refractivity contribution in [2.75, 3.05) is 31.4 Å². The molecule has 0 spiro atoms. The van der Waals surface area contributed by atoms with Crippen LogP contribution >= 0.6 is 0 Å². The largest absolute Gasteiger partial charge is 0.493 e. The molecule has 0 atom stereocenters. The molecule has 1 aromatic heterocycles. The maximum atomic E-state index is 13.3. The fourth-order valence-corrected chi connectivity index (χ4v) is 3.86. The van der Waals surface area contributed by atoms with Crippen LogP contribution < -0.4 is 30.9 Å². The van der Waals surface area contributed by atoms with Crippen molar-refractivity contribution in [3.05, 3.63) is 93.8 Å². The molecule has 3 amide bonds. The van der Waals surface area contributed by atoms with Crippen LogP contribution in [0, 0.1) is 0 Å². The number of carboxylic acid groups (broad SMARTS) is 1. The number of benzene rings is 3. The van der Waals surface area contributed by atoms with Gasteiger partial charge in [0.25, 0.3) is 11.8 Å². The lowest BCUT2D eigenvalue weighted by molar-refractivity contribution is 0.102. The second kappa shape index (κ2) is 11.8. The number of hydrogen-bond acceptors (Lipinski definition) is 7. The van der Waals surface area contributed by atoms with E-state index in [0.717, 1.165) is 11.8 Å². The van der Waals surface area contributed by atoms with Crippen LogP contribution in [0.3, 0.4) is 0 Å². The van der Waals surface area contributed by atoms with Crippen LogP contribution in [0.5, 0.6) is 11.5 Å². The van der Waals surface area contributed by atoms with Crippen molar-refractivity contribution in [1.29, 1.82) is 0 Å². The quantitative estimate of drug-likeness (QED) is 0.251. The van der Waals surface area contributed by atoms with Gasteiger partial charge in [0.1, 0.15) is 17.4 Å². The summed E-state index contributed by atoms with van der Waals surface area (Å²) < 4.78 is 16.1. The lowest BCUT2D eigenvalue weighted by Gasteiger charge is -2.16. The minimum atomic E-state index is -1.10. The lowest BCUT2D eigenvalue weighted by Crippen LogP contribution is -2.23. The molecule has 4 aromatic rings. The van der Waals surface area contributed by atoms with Crippen molar-refractivity contribution in [2.24, 2.45) is 0 Å². The van der Waals surface area contributed by atoms with Crippen LogP contribution in [0.2, 0.25) is 0 Å². The summed E-state index contributed by atoms with van der Waals surface area (Å²) in [6.45, 7) is 0.255. The van der Waals surface area contributed by atoms with Crippen molar-refractivity contribution in [1.82, 2.24) is 5.32 Å². The van der Waals surface area contributed by atoms with Crippen molar-refractivity contribution in [2.45, 2.75) is 6.42 Å². The molecule has 1 heterocycles. The highest BCUT2D eigenvalue weighted by molar-refractivity contribution is 6.13. The van der Waals surface area contributed by atoms with E-state index in [2.05, 4.69) is 16.0 Å². The predicted octanol–water partition coefficient (Wildman–Crippen LogP) is 4.12. The number of para-hydroxylation sites is 1. The minimum Gasteiger partial charge on any atom is -0.493 e. The van der Waals surface area contributed by atoms with E-state index in [9.17, 15) is 19.2 Å². The van der Waals surface area contributed by atoms with Gasteiger partial charge in [-0.25, -0.2) is 4.79 Å². The number of carbonyl (C=O) groups is 3. The molecule has 4 rings (SSSR count). The molecular weight excluding hydrogens is 506 g/mol. The summed E-state index contributed by atoms with van der Waals surface area (Å²) in [5.41, 5.74) is 1.07. The average molecular weight is 532 g/mol. The molecule has 0 unspecified atom stereocenters. The van der Waals surface area contributed by atoms with Crippen molar-refractivity contribution in [3.8, 4) is 11.5 Å². The molecule has 0 bridgehead atoms. The van der Waals surface area contributed by atoms with Crippen LogP contribution in [-0.2, 0) is 6.42 Å². The Labute approximate surface area is 222 Å². The number of hydrogen-bond donors (Lipinski definition) is 4. The highest BCUT2D eigenvalue weighted by Crippen LogP contribution is 2.34. The fraction of sp³-hybridized carbons (Fsp3) is 0.143. The van der Waals surface area contributed by atoms with Gasteiger partial charge in [0.15, 0.2) is 11.5 Å². The van der Waals surface area contributed by atoms with E-state index in [0.29, 0.717) is 17.7 Å². The Morgan fingerprint density at radius 2 is 1.54 bits per heavy atom. The molecule has 4 N–H and O–H groups in total. The number of methoxy groups -OCH3 is 2. The standard InChI is InChI=1S/C28H25N3O8/c1-37-23-13-19(26(33)30-17-9-7-16(8-10-17)11-12-29-28(35)36)21(14-24(23)38-2)31-27(34)20-15-39-22-6-4-3-5-18(22)25(20)32/h3-10,13-15,29H,11-12H2,1-2H3,(H,30,33)(H,31,34)(H,35,36). The Bertz CT molecular complexity index is 1600. The SMILES string of the molecule is COc1cc(NC(=O)c2coc3ccccc3c2=O)c(C(=O)Nc2ccc(CCNC(=O)O)cc2)cc1OC. The van der Waals surface area contributed by atoms with Gasteiger partial charge >= 0.3 is 6.09 Å². The lowest BCUT2D eigenvalue weighted by atomic mass is 10.1. The van der Waals surface area contributed by atoms with Crippen molar-refractivity contribution >= 4 is 40.3 Å². The summed E-state index contributed by atoms with van der Waals surface area (Å²) in [5.74, 6) is -0.812. The zero-order chi connectivity index (χ0) is 27.9. The van der Waals surface area contributed by atoms with Crippen LogP contribution in [-0.4, -0.2) is 43.8 Å². The van der Waals surface area contributed by atoms with E-state index in [-0.39, 0.29) is 40.2 Å². The zero-order valence-electron chi connectivity index (χ0n) is 21.1. The van der Waals surface area contributed by atoms with E-state index in [4.69, 9.17) is 19.0 Å². The number of nitrogens with one attached hydrogen (secondary N) is 3. The van der Waals surface area contributed by atoms with E-state index in [1.165, 1.54) is 26.4 Å². The van der Waals surface area contributed by atoms with Gasteiger partial charge in [-0.05, 0) is 42.3 Å². The maximum Gasteiger partial charge on any atom is 0.404 e. The number of ether oxygens (including phenoxy) is 2. The number of amides is 3. The van der Waals surface area contributed by atoms with Crippen LogP contribution in [0.1, 0.15) is 26.3 Å². The summed E-state index contributed by atoms with van der Waals surface area (Å²) in [4.78, 5) is 49.9. The van der Waals surface area contributed by atoms with Gasteiger partial charge in [0, 0.05) is 18.3 Å². The summed E-state index contributed by atoms with van der Waals surface area (Å²) in [6, 6.07) is 16.3. The second-order valence-electron chi connectivity index (χ2n) is 8.31. The number of anilines is 2. The van der Waals surface area contributed by atoms with Gasteiger partial charge < -0.3 is 34.9 Å². The first kappa shape index (κ1) is 26.7. The summed E-state index contributed by atoms with van der Waals surface area (Å²) in [7, 11) is 2.82. The minimum absolute atomic E-state index is 0.0564. The zero-order valence-corrected chi connectivity index (χ0v) is 21.1. The topological polar surface area (TPSA) is 156 Å². The summed E-state index contributed by atoms with van der Waals surface area (Å²) >= 11 is 0. The smallest absolute Gasteiger partial charge is 0.404 e. The first-order chi connectivity index (χ1) is 18.8. The number of fused-ring (bicyclic) bond motifs is 1. The van der Waals surface area contributed by atoms with E-state index >= 15 is 0 Å². The van der Waals surface area contributed by atoms with Crippen LogP contribution in [0.4, 0.5) is 16.2 Å². The number of rotatable bonds is 9. The molecule has 0 aliphatic rings. The molecule has 0 saturated carbocycles. The third kappa shape index (κ3) is 6.16. The van der Waals surface area contributed by atoms with Gasteiger partial charge in [0.05, 0.1) is 30.9 Å². The molecule has 0 aliphatic carbocycles. The molecule has 3 aromatic carbocycles. The molecule has 11 heteroatoms. The fourth-order valence-electron chi connectivity index (χ4n) is 3.86. The highest BCUT2D eigenvalue weighted by Gasteiger charge is 2.21. The Morgan fingerprint density at radius 3 is 2.23 bits per heavy atom. The monoisotopic (exact) mass is 531 g/mol. The Balaban J connectivity index is 1.60. The summed E-state index contributed by atoms with van der Waals surface area (Å²) in [5, 5.41) is 16.6. The Kier molecular flexibility index (Phi) is 8.10. The van der Waals surface area contributed by atoms with Gasteiger partial charge in [-0.3, -0.25) is 14.4 Å². The van der Waals surface area contributed by atoms with Crippen LogP contribution in [0.25, 0.3) is 11.0 Å². The third-order valence-corrected chi connectivity index (χ3v) is 5.84.